The Bertz CT molecular complexity index is 445. The van der Waals surface area contributed by atoms with Crippen LogP contribution in [0.5, 0.6) is 17.2 Å². The van der Waals surface area contributed by atoms with Crippen molar-refractivity contribution in [2.75, 3.05) is 21.3 Å². The van der Waals surface area contributed by atoms with Gasteiger partial charge in [0.2, 0.25) is 5.75 Å². The molecule has 0 bridgehead atoms. The van der Waals surface area contributed by atoms with Crippen LogP contribution in [0.3, 0.4) is 0 Å². The van der Waals surface area contributed by atoms with Crippen molar-refractivity contribution in [3.63, 3.8) is 0 Å². The summed E-state index contributed by atoms with van der Waals surface area (Å²) in [5.74, 6) is 0.356. The van der Waals surface area contributed by atoms with Crippen LogP contribution < -0.4 is 14.2 Å². The summed E-state index contributed by atoms with van der Waals surface area (Å²) in [6, 6.07) is 1.58. The van der Waals surface area contributed by atoms with Crippen molar-refractivity contribution in [1.82, 2.24) is 0 Å². The molecule has 0 spiro atoms. The van der Waals surface area contributed by atoms with E-state index in [-0.39, 0.29) is 12.8 Å². The van der Waals surface area contributed by atoms with Crippen molar-refractivity contribution in [1.29, 1.82) is 0 Å². The molecule has 100 valence electrons. The topological polar surface area (TPSA) is 65.0 Å². The van der Waals surface area contributed by atoms with Gasteiger partial charge in [0, 0.05) is 18.1 Å². The first-order valence-corrected chi connectivity index (χ1v) is 5.62. The van der Waals surface area contributed by atoms with Gasteiger partial charge in [-0.3, -0.25) is 4.79 Å². The van der Waals surface area contributed by atoms with Gasteiger partial charge in [0.15, 0.2) is 11.5 Å². The number of carboxylic acids is 1. The summed E-state index contributed by atoms with van der Waals surface area (Å²) in [6.07, 6.45) is 0.225. The molecule has 0 radical (unpaired) electrons. The van der Waals surface area contributed by atoms with E-state index in [1.165, 1.54) is 21.3 Å². The second kappa shape index (κ2) is 6.35. The minimum atomic E-state index is -0.900. The van der Waals surface area contributed by atoms with E-state index in [9.17, 15) is 4.79 Å². The molecule has 0 unspecified atom stereocenters. The molecule has 0 aliphatic carbocycles. The predicted molar refractivity (Wildman–Crippen MR) is 67.1 cm³/mol. The Kier molecular flexibility index (Phi) is 5.09. The predicted octanol–water partition coefficient (Wildman–Crippen LogP) is 2.38. The number of carbonyl (C=O) groups is 1. The van der Waals surface area contributed by atoms with Crippen molar-refractivity contribution in [3.05, 3.63) is 16.7 Å². The van der Waals surface area contributed by atoms with E-state index < -0.39 is 5.97 Å². The monoisotopic (exact) mass is 274 g/mol. The minimum Gasteiger partial charge on any atom is -0.493 e. The maximum Gasteiger partial charge on any atom is 0.303 e. The second-order valence-electron chi connectivity index (χ2n) is 3.50. The third-order valence-electron chi connectivity index (χ3n) is 2.47. The molecule has 0 fully saturated rings. The molecule has 0 aliphatic rings. The zero-order valence-electron chi connectivity index (χ0n) is 10.4. The highest BCUT2D eigenvalue weighted by atomic mass is 35.5. The maximum atomic E-state index is 10.6. The van der Waals surface area contributed by atoms with Gasteiger partial charge < -0.3 is 19.3 Å². The summed E-state index contributed by atoms with van der Waals surface area (Å²) in [4.78, 5) is 10.6. The lowest BCUT2D eigenvalue weighted by Crippen LogP contribution is -2.03. The zero-order chi connectivity index (χ0) is 13.7. The zero-order valence-corrected chi connectivity index (χ0v) is 11.2. The van der Waals surface area contributed by atoms with Gasteiger partial charge in [0.05, 0.1) is 26.4 Å². The number of methoxy groups -OCH3 is 3. The molecule has 18 heavy (non-hydrogen) atoms. The lowest BCUT2D eigenvalue weighted by molar-refractivity contribution is -0.136. The number of ether oxygens (including phenoxy) is 3. The Labute approximate surface area is 110 Å². The molecule has 1 aromatic carbocycles. The van der Waals surface area contributed by atoms with Gasteiger partial charge in [0.25, 0.3) is 0 Å². The van der Waals surface area contributed by atoms with Crippen molar-refractivity contribution in [2.45, 2.75) is 12.8 Å². The molecule has 0 atom stereocenters. The van der Waals surface area contributed by atoms with E-state index >= 15 is 0 Å². The number of carboxylic acid groups (broad SMARTS) is 1. The third-order valence-corrected chi connectivity index (χ3v) is 2.80. The SMILES string of the molecule is COc1cc(Cl)c(CCC(=O)O)c(OC)c1OC. The minimum absolute atomic E-state index is 0.0361. The summed E-state index contributed by atoms with van der Waals surface area (Å²) in [6.45, 7) is 0. The van der Waals surface area contributed by atoms with Gasteiger partial charge in [-0.05, 0) is 6.42 Å². The van der Waals surface area contributed by atoms with Crippen LogP contribution in [0.4, 0.5) is 0 Å². The molecule has 0 amide bonds. The first-order valence-electron chi connectivity index (χ1n) is 5.24. The molecular formula is C12H15ClO5. The highest BCUT2D eigenvalue weighted by molar-refractivity contribution is 6.31. The van der Waals surface area contributed by atoms with Crippen LogP contribution in [0.25, 0.3) is 0 Å². The van der Waals surface area contributed by atoms with Crippen molar-refractivity contribution < 1.29 is 24.1 Å². The number of rotatable bonds is 6. The number of hydrogen-bond acceptors (Lipinski definition) is 4. The van der Waals surface area contributed by atoms with Crippen molar-refractivity contribution >= 4 is 17.6 Å². The molecule has 5 nitrogen and oxygen atoms in total. The fourth-order valence-corrected chi connectivity index (χ4v) is 1.93. The van der Waals surface area contributed by atoms with E-state index in [2.05, 4.69) is 0 Å². The Hall–Kier alpha value is -1.62. The summed E-state index contributed by atoms with van der Waals surface area (Å²) >= 11 is 6.10. The number of benzene rings is 1. The second-order valence-corrected chi connectivity index (χ2v) is 3.91. The van der Waals surface area contributed by atoms with Crippen LogP contribution in [0.15, 0.2) is 6.07 Å². The van der Waals surface area contributed by atoms with Gasteiger partial charge in [0.1, 0.15) is 0 Å². The smallest absolute Gasteiger partial charge is 0.303 e. The van der Waals surface area contributed by atoms with E-state index in [4.69, 9.17) is 30.9 Å². The Balaban J connectivity index is 3.27. The van der Waals surface area contributed by atoms with Crippen LogP contribution in [-0.4, -0.2) is 32.4 Å². The van der Waals surface area contributed by atoms with E-state index in [1.807, 2.05) is 0 Å². The Morgan fingerprint density at radius 3 is 2.28 bits per heavy atom. The van der Waals surface area contributed by atoms with Gasteiger partial charge in [-0.25, -0.2) is 0 Å². The highest BCUT2D eigenvalue weighted by Gasteiger charge is 2.20. The van der Waals surface area contributed by atoms with Crippen LogP contribution >= 0.6 is 11.6 Å². The van der Waals surface area contributed by atoms with Gasteiger partial charge in [-0.1, -0.05) is 11.6 Å². The fraction of sp³-hybridized carbons (Fsp3) is 0.417. The molecular weight excluding hydrogens is 260 g/mol. The molecule has 1 aromatic rings. The standard InChI is InChI=1S/C12H15ClO5/c1-16-9-6-8(13)7(4-5-10(14)15)11(17-2)12(9)18-3/h6H,4-5H2,1-3H3,(H,14,15). The molecule has 1 rings (SSSR count). The molecule has 1 N–H and O–H groups in total. The summed E-state index contributed by atoms with van der Waals surface area (Å²) in [5.41, 5.74) is 0.596. The summed E-state index contributed by atoms with van der Waals surface area (Å²) in [5, 5.41) is 9.11. The molecule has 0 saturated heterocycles. The van der Waals surface area contributed by atoms with Crippen LogP contribution in [0.2, 0.25) is 5.02 Å². The molecule has 6 heteroatoms. The molecule has 0 heterocycles. The first kappa shape index (κ1) is 14.4. The average molecular weight is 275 g/mol. The van der Waals surface area contributed by atoms with Crippen molar-refractivity contribution in [2.24, 2.45) is 0 Å². The maximum absolute atomic E-state index is 10.6. The molecule has 0 saturated carbocycles. The lowest BCUT2D eigenvalue weighted by Gasteiger charge is -2.16. The van der Waals surface area contributed by atoms with E-state index in [1.54, 1.807) is 6.07 Å². The highest BCUT2D eigenvalue weighted by Crippen LogP contribution is 2.44. The van der Waals surface area contributed by atoms with Gasteiger partial charge in [-0.2, -0.15) is 0 Å². The fourth-order valence-electron chi connectivity index (χ4n) is 1.65. The third kappa shape index (κ3) is 2.98. The van der Waals surface area contributed by atoms with Gasteiger partial charge in [-0.15, -0.1) is 0 Å². The summed E-state index contributed by atoms with van der Waals surface area (Å²) < 4.78 is 15.6. The molecule has 0 aromatic heterocycles. The lowest BCUT2D eigenvalue weighted by atomic mass is 10.1. The normalized spacial score (nSPS) is 10.0. The first-order chi connectivity index (χ1) is 8.54. The van der Waals surface area contributed by atoms with Gasteiger partial charge >= 0.3 is 5.97 Å². The van der Waals surface area contributed by atoms with Crippen LogP contribution in [0, 0.1) is 0 Å². The number of aliphatic carboxylic acids is 1. The van der Waals surface area contributed by atoms with Crippen LogP contribution in [0.1, 0.15) is 12.0 Å². The van der Waals surface area contributed by atoms with Crippen LogP contribution in [-0.2, 0) is 11.2 Å². The number of hydrogen-bond donors (Lipinski definition) is 1. The Morgan fingerprint density at radius 1 is 1.22 bits per heavy atom. The summed E-state index contributed by atoms with van der Waals surface area (Å²) in [7, 11) is 4.44. The largest absolute Gasteiger partial charge is 0.493 e. The van der Waals surface area contributed by atoms with E-state index in [0.717, 1.165) is 0 Å². The molecule has 0 aliphatic heterocycles. The quantitative estimate of drug-likeness (QED) is 0.863. The number of halogens is 1. The van der Waals surface area contributed by atoms with E-state index in [0.29, 0.717) is 27.8 Å². The average Bonchev–Trinajstić information content (AvgIpc) is 2.35. The Morgan fingerprint density at radius 2 is 1.83 bits per heavy atom. The van der Waals surface area contributed by atoms with Crippen molar-refractivity contribution in [3.8, 4) is 17.2 Å².